The van der Waals surface area contributed by atoms with E-state index in [1.54, 1.807) is 14.2 Å². The van der Waals surface area contributed by atoms with Crippen LogP contribution < -0.4 is 14.8 Å². The summed E-state index contributed by atoms with van der Waals surface area (Å²) in [6.07, 6.45) is 3.95. The molecule has 1 aromatic rings. The summed E-state index contributed by atoms with van der Waals surface area (Å²) in [6.45, 7) is 0.622. The van der Waals surface area contributed by atoms with Crippen LogP contribution in [0, 0.1) is 0 Å². The maximum absolute atomic E-state index is 11.8. The monoisotopic (exact) mass is 313 g/mol. The van der Waals surface area contributed by atoms with Crippen molar-refractivity contribution in [2.45, 2.75) is 37.1 Å². The van der Waals surface area contributed by atoms with Gasteiger partial charge in [0.2, 0.25) is 0 Å². The van der Waals surface area contributed by atoms with Gasteiger partial charge < -0.3 is 14.8 Å². The second kappa shape index (κ2) is 6.66. The summed E-state index contributed by atoms with van der Waals surface area (Å²) in [6, 6.07) is 5.76. The molecule has 1 aromatic carbocycles. The quantitative estimate of drug-likeness (QED) is 0.867. The van der Waals surface area contributed by atoms with Gasteiger partial charge in [-0.1, -0.05) is 12.5 Å². The van der Waals surface area contributed by atoms with Gasteiger partial charge >= 0.3 is 0 Å². The van der Waals surface area contributed by atoms with Gasteiger partial charge in [0.15, 0.2) is 21.3 Å². The minimum Gasteiger partial charge on any atom is -0.493 e. The van der Waals surface area contributed by atoms with E-state index in [1.807, 2.05) is 18.2 Å². The topological polar surface area (TPSA) is 64.6 Å². The molecule has 21 heavy (non-hydrogen) atoms. The first kappa shape index (κ1) is 16.1. The van der Waals surface area contributed by atoms with Gasteiger partial charge in [0, 0.05) is 18.8 Å². The average molecular weight is 313 g/mol. The fourth-order valence-electron chi connectivity index (χ4n) is 2.91. The summed E-state index contributed by atoms with van der Waals surface area (Å²) in [5.41, 5.74) is 1.05. The minimum atomic E-state index is -2.99. The molecule has 0 aliphatic heterocycles. The predicted molar refractivity (Wildman–Crippen MR) is 82.7 cm³/mol. The van der Waals surface area contributed by atoms with Crippen LogP contribution in [-0.2, 0) is 16.4 Å². The van der Waals surface area contributed by atoms with Crippen molar-refractivity contribution in [1.82, 2.24) is 5.32 Å². The van der Waals surface area contributed by atoms with Gasteiger partial charge in [-0.25, -0.2) is 8.42 Å². The van der Waals surface area contributed by atoms with Crippen LogP contribution in [0.15, 0.2) is 18.2 Å². The molecule has 2 atom stereocenters. The van der Waals surface area contributed by atoms with Crippen molar-refractivity contribution < 1.29 is 17.9 Å². The van der Waals surface area contributed by atoms with Crippen LogP contribution in [0.4, 0.5) is 0 Å². The van der Waals surface area contributed by atoms with Crippen molar-refractivity contribution in [1.29, 1.82) is 0 Å². The van der Waals surface area contributed by atoms with Crippen LogP contribution in [0.2, 0.25) is 0 Å². The SMILES string of the molecule is COc1ccc(CNC2CCCC2S(C)(=O)=O)cc1OC. The second-order valence-corrected chi connectivity index (χ2v) is 7.74. The second-order valence-electron chi connectivity index (χ2n) is 5.48. The van der Waals surface area contributed by atoms with Crippen LogP contribution in [0.5, 0.6) is 11.5 Å². The molecule has 2 unspecified atom stereocenters. The Labute approximate surface area is 126 Å². The third-order valence-electron chi connectivity index (χ3n) is 4.02. The number of sulfone groups is 1. The van der Waals surface area contributed by atoms with E-state index < -0.39 is 9.84 Å². The van der Waals surface area contributed by atoms with Crippen molar-refractivity contribution >= 4 is 9.84 Å². The fraction of sp³-hybridized carbons (Fsp3) is 0.600. The maximum Gasteiger partial charge on any atom is 0.161 e. The Morgan fingerprint density at radius 2 is 1.90 bits per heavy atom. The van der Waals surface area contributed by atoms with Gasteiger partial charge in [0.05, 0.1) is 19.5 Å². The molecular formula is C15H23NO4S. The molecule has 0 spiro atoms. The lowest BCUT2D eigenvalue weighted by atomic mass is 10.1. The van der Waals surface area contributed by atoms with Crippen molar-refractivity contribution in [2.75, 3.05) is 20.5 Å². The Balaban J connectivity index is 2.03. The molecule has 0 aromatic heterocycles. The highest BCUT2D eigenvalue weighted by atomic mass is 32.2. The number of hydrogen-bond donors (Lipinski definition) is 1. The van der Waals surface area contributed by atoms with E-state index in [-0.39, 0.29) is 11.3 Å². The van der Waals surface area contributed by atoms with Gasteiger partial charge in [-0.05, 0) is 30.5 Å². The van der Waals surface area contributed by atoms with E-state index in [9.17, 15) is 8.42 Å². The molecule has 0 heterocycles. The normalized spacial score (nSPS) is 22.2. The number of benzene rings is 1. The first-order valence-corrected chi connectivity index (χ1v) is 9.04. The van der Waals surface area contributed by atoms with Crippen LogP contribution in [-0.4, -0.2) is 40.2 Å². The van der Waals surface area contributed by atoms with Crippen molar-refractivity contribution in [3.8, 4) is 11.5 Å². The van der Waals surface area contributed by atoms with Crippen LogP contribution in [0.25, 0.3) is 0 Å². The zero-order chi connectivity index (χ0) is 15.5. The molecule has 0 radical (unpaired) electrons. The summed E-state index contributed by atoms with van der Waals surface area (Å²) in [5.74, 6) is 1.37. The van der Waals surface area contributed by atoms with Crippen molar-refractivity contribution in [2.24, 2.45) is 0 Å². The highest BCUT2D eigenvalue weighted by Gasteiger charge is 2.34. The number of rotatable bonds is 6. The smallest absolute Gasteiger partial charge is 0.161 e. The summed E-state index contributed by atoms with van der Waals surface area (Å²) in [5, 5.41) is 3.10. The highest BCUT2D eigenvalue weighted by Crippen LogP contribution is 2.28. The lowest BCUT2D eigenvalue weighted by Crippen LogP contribution is -2.39. The van der Waals surface area contributed by atoms with E-state index in [2.05, 4.69) is 5.32 Å². The summed E-state index contributed by atoms with van der Waals surface area (Å²) in [7, 11) is 0.218. The van der Waals surface area contributed by atoms with E-state index in [4.69, 9.17) is 9.47 Å². The Hall–Kier alpha value is -1.27. The van der Waals surface area contributed by atoms with Gasteiger partial charge in [0.25, 0.3) is 0 Å². The molecule has 1 aliphatic carbocycles. The molecule has 6 heteroatoms. The lowest BCUT2D eigenvalue weighted by molar-refractivity contribution is 0.354. The lowest BCUT2D eigenvalue weighted by Gasteiger charge is -2.20. The Morgan fingerprint density at radius 3 is 2.52 bits per heavy atom. The molecule has 1 saturated carbocycles. The van der Waals surface area contributed by atoms with Crippen LogP contribution in [0.3, 0.4) is 0 Å². The van der Waals surface area contributed by atoms with Crippen LogP contribution in [0.1, 0.15) is 24.8 Å². The molecule has 1 N–H and O–H groups in total. The molecule has 2 rings (SSSR count). The molecular weight excluding hydrogens is 290 g/mol. The van der Waals surface area contributed by atoms with E-state index in [0.717, 1.165) is 24.8 Å². The fourth-order valence-corrected chi connectivity index (χ4v) is 4.34. The van der Waals surface area contributed by atoms with Crippen molar-refractivity contribution in [3.63, 3.8) is 0 Å². The average Bonchev–Trinajstić information content (AvgIpc) is 2.93. The summed E-state index contributed by atoms with van der Waals surface area (Å²) >= 11 is 0. The molecule has 1 aliphatic rings. The maximum atomic E-state index is 11.8. The first-order chi connectivity index (χ1) is 9.95. The summed E-state index contributed by atoms with van der Waals surface area (Å²) in [4.78, 5) is 0. The van der Waals surface area contributed by atoms with Gasteiger partial charge in [-0.2, -0.15) is 0 Å². The first-order valence-electron chi connectivity index (χ1n) is 7.09. The number of methoxy groups -OCH3 is 2. The number of ether oxygens (including phenoxy) is 2. The van der Waals surface area contributed by atoms with E-state index in [1.165, 1.54) is 6.26 Å². The molecule has 0 saturated heterocycles. The predicted octanol–water partition coefficient (Wildman–Crippen LogP) is 1.76. The molecule has 5 nitrogen and oxygen atoms in total. The Bertz CT molecular complexity index is 585. The third kappa shape index (κ3) is 3.89. The molecule has 0 bridgehead atoms. The molecule has 0 amide bonds. The zero-order valence-electron chi connectivity index (χ0n) is 12.8. The van der Waals surface area contributed by atoms with Gasteiger partial charge in [0.1, 0.15) is 0 Å². The van der Waals surface area contributed by atoms with Gasteiger partial charge in [-0.3, -0.25) is 0 Å². The highest BCUT2D eigenvalue weighted by molar-refractivity contribution is 7.91. The Kier molecular flexibility index (Phi) is 5.11. The van der Waals surface area contributed by atoms with Crippen LogP contribution >= 0.6 is 0 Å². The minimum absolute atomic E-state index is 0.0353. The zero-order valence-corrected chi connectivity index (χ0v) is 13.6. The standard InChI is InChI=1S/C15H23NO4S/c1-19-13-8-7-11(9-14(13)20-2)10-16-12-5-4-6-15(12)21(3,17)18/h7-9,12,15-16H,4-6,10H2,1-3H3. The third-order valence-corrected chi connectivity index (χ3v) is 5.68. The van der Waals surface area contributed by atoms with E-state index >= 15 is 0 Å². The number of nitrogens with one attached hydrogen (secondary N) is 1. The number of hydrogen-bond acceptors (Lipinski definition) is 5. The molecule has 1 fully saturated rings. The van der Waals surface area contributed by atoms with E-state index in [0.29, 0.717) is 18.0 Å². The summed E-state index contributed by atoms with van der Waals surface area (Å²) < 4.78 is 34.0. The van der Waals surface area contributed by atoms with Gasteiger partial charge in [-0.15, -0.1) is 0 Å². The van der Waals surface area contributed by atoms with Crippen molar-refractivity contribution in [3.05, 3.63) is 23.8 Å². The largest absolute Gasteiger partial charge is 0.493 e. The molecule has 118 valence electrons. The Morgan fingerprint density at radius 1 is 1.19 bits per heavy atom.